The Morgan fingerprint density at radius 3 is 3.00 bits per heavy atom. The Morgan fingerprint density at radius 1 is 1.27 bits per heavy atom. The third kappa shape index (κ3) is 1.37. The molecule has 3 rings (SSSR count). The molecule has 15 heavy (non-hydrogen) atoms. The van der Waals surface area contributed by atoms with Crippen LogP contribution in [-0.4, -0.2) is 4.37 Å². The summed E-state index contributed by atoms with van der Waals surface area (Å²) in [5, 5.41) is 0.961. The number of fused-ring (bicyclic) bond motifs is 1. The van der Waals surface area contributed by atoms with Gasteiger partial charge in [-0.15, -0.1) is 4.37 Å². The molecule has 0 saturated carbocycles. The average Bonchev–Trinajstić information content (AvgIpc) is 2.84. The van der Waals surface area contributed by atoms with Crippen LogP contribution in [0.5, 0.6) is 0 Å². The summed E-state index contributed by atoms with van der Waals surface area (Å²) < 4.78 is 14.0. The van der Waals surface area contributed by atoms with E-state index in [1.807, 2.05) is 24.3 Å². The van der Waals surface area contributed by atoms with Crippen molar-refractivity contribution in [2.75, 3.05) is 0 Å². The molecule has 0 spiro atoms. The zero-order valence-corrected chi connectivity index (χ0v) is 8.28. The van der Waals surface area contributed by atoms with Crippen LogP contribution < -0.4 is 4.94 Å². The topological polar surface area (TPSA) is 56.2 Å². The summed E-state index contributed by atoms with van der Waals surface area (Å²) in [6, 6.07) is 7.36. The van der Waals surface area contributed by atoms with Crippen LogP contribution in [0.15, 0.2) is 44.2 Å². The van der Waals surface area contributed by atoms with E-state index in [2.05, 4.69) is 4.37 Å². The molecule has 0 unspecified atom stereocenters. The van der Waals surface area contributed by atoms with Gasteiger partial charge in [-0.05, 0) is 24.3 Å². The van der Waals surface area contributed by atoms with E-state index in [1.54, 1.807) is 6.26 Å². The van der Waals surface area contributed by atoms with Crippen LogP contribution in [0.1, 0.15) is 0 Å². The molecule has 0 N–H and O–H groups in total. The van der Waals surface area contributed by atoms with E-state index in [9.17, 15) is 4.79 Å². The van der Waals surface area contributed by atoms with Crippen molar-refractivity contribution in [1.82, 2.24) is 4.37 Å². The minimum absolute atomic E-state index is 0.355. The predicted octanol–water partition coefficient (Wildman–Crippen LogP) is 2.51. The molecule has 0 radical (unpaired) electrons. The van der Waals surface area contributed by atoms with Gasteiger partial charge in [-0.25, -0.2) is 4.79 Å². The lowest BCUT2D eigenvalue weighted by molar-refractivity contribution is 0.543. The van der Waals surface area contributed by atoms with Crippen molar-refractivity contribution in [3.63, 3.8) is 0 Å². The van der Waals surface area contributed by atoms with Gasteiger partial charge in [-0.2, -0.15) is 0 Å². The van der Waals surface area contributed by atoms with Crippen LogP contribution in [-0.2, 0) is 0 Å². The third-order valence-electron chi connectivity index (χ3n) is 2.08. The molecule has 0 fully saturated rings. The van der Waals surface area contributed by atoms with Crippen molar-refractivity contribution in [1.29, 1.82) is 0 Å². The summed E-state index contributed by atoms with van der Waals surface area (Å²) >= 11 is 0.811. The van der Waals surface area contributed by atoms with Gasteiger partial charge in [0, 0.05) is 10.9 Å². The van der Waals surface area contributed by atoms with E-state index in [0.717, 1.165) is 28.1 Å². The molecule has 0 aliphatic carbocycles. The fourth-order valence-electron chi connectivity index (χ4n) is 1.41. The van der Waals surface area contributed by atoms with Crippen molar-refractivity contribution in [3.05, 3.63) is 40.3 Å². The van der Waals surface area contributed by atoms with Gasteiger partial charge in [0.05, 0.1) is 17.8 Å². The Hall–Kier alpha value is -1.88. The summed E-state index contributed by atoms with van der Waals surface area (Å²) in [5.41, 5.74) is 1.58. The molecule has 2 aromatic heterocycles. The first-order valence-electron chi connectivity index (χ1n) is 4.27. The second-order valence-corrected chi connectivity index (χ2v) is 3.71. The SMILES string of the molecule is O=c1oc(-c2ccc3occc3c2)ns1. The van der Waals surface area contributed by atoms with Gasteiger partial charge in [0.15, 0.2) is 0 Å². The Kier molecular flexibility index (Phi) is 1.72. The lowest BCUT2D eigenvalue weighted by atomic mass is 10.2. The zero-order chi connectivity index (χ0) is 10.3. The zero-order valence-electron chi connectivity index (χ0n) is 7.47. The molecule has 3 aromatic rings. The molecule has 0 aliphatic rings. The van der Waals surface area contributed by atoms with Gasteiger partial charge in [-0.1, -0.05) is 0 Å². The average molecular weight is 219 g/mol. The van der Waals surface area contributed by atoms with Crippen molar-refractivity contribution in [2.24, 2.45) is 0 Å². The number of hydrogen-bond donors (Lipinski definition) is 0. The number of hydrogen-bond acceptors (Lipinski definition) is 5. The molecule has 0 atom stereocenters. The van der Waals surface area contributed by atoms with Crippen LogP contribution in [0.2, 0.25) is 0 Å². The molecule has 4 nitrogen and oxygen atoms in total. The number of furan rings is 1. The van der Waals surface area contributed by atoms with Crippen molar-refractivity contribution in [3.8, 4) is 11.5 Å². The summed E-state index contributed by atoms with van der Waals surface area (Å²) in [6.45, 7) is 0. The largest absolute Gasteiger partial charge is 0.464 e. The van der Waals surface area contributed by atoms with Crippen molar-refractivity contribution >= 4 is 22.5 Å². The minimum atomic E-state index is -0.391. The maximum atomic E-state index is 10.8. The third-order valence-corrected chi connectivity index (χ3v) is 2.57. The molecule has 0 amide bonds. The number of rotatable bonds is 1. The Balaban J connectivity index is 2.22. The molecule has 0 saturated heterocycles. The Bertz CT molecular complexity index is 664. The fraction of sp³-hybridized carbons (Fsp3) is 0. The second-order valence-electron chi connectivity index (χ2n) is 3.01. The van der Waals surface area contributed by atoms with Crippen molar-refractivity contribution < 1.29 is 8.83 Å². The summed E-state index contributed by atoms with van der Waals surface area (Å²) in [6.07, 6.45) is 1.62. The van der Waals surface area contributed by atoms with Gasteiger partial charge in [0.25, 0.3) is 0 Å². The maximum absolute atomic E-state index is 10.8. The fourth-order valence-corrected chi connectivity index (χ4v) is 1.82. The van der Waals surface area contributed by atoms with Gasteiger partial charge >= 0.3 is 4.94 Å². The van der Waals surface area contributed by atoms with E-state index in [1.165, 1.54) is 0 Å². The van der Waals surface area contributed by atoms with E-state index in [-0.39, 0.29) is 0 Å². The van der Waals surface area contributed by atoms with Crippen LogP contribution >= 0.6 is 11.5 Å². The van der Waals surface area contributed by atoms with E-state index in [0.29, 0.717) is 5.89 Å². The van der Waals surface area contributed by atoms with E-state index in [4.69, 9.17) is 8.83 Å². The lowest BCUT2D eigenvalue weighted by Gasteiger charge is -1.93. The second kappa shape index (κ2) is 3.06. The molecule has 5 heteroatoms. The predicted molar refractivity (Wildman–Crippen MR) is 55.9 cm³/mol. The van der Waals surface area contributed by atoms with Gasteiger partial charge in [-0.3, -0.25) is 0 Å². The molecular formula is C10H5NO3S. The monoisotopic (exact) mass is 219 g/mol. The summed E-state index contributed by atoms with van der Waals surface area (Å²) in [4.78, 5) is 10.5. The quantitative estimate of drug-likeness (QED) is 0.631. The molecule has 2 heterocycles. The van der Waals surface area contributed by atoms with Gasteiger partial charge < -0.3 is 8.83 Å². The smallest absolute Gasteiger partial charge is 0.414 e. The molecule has 1 aromatic carbocycles. The highest BCUT2D eigenvalue weighted by molar-refractivity contribution is 7.02. The molecular weight excluding hydrogens is 214 g/mol. The summed E-state index contributed by atoms with van der Waals surface area (Å²) in [7, 11) is 0. The van der Waals surface area contributed by atoms with Crippen LogP contribution in [0.4, 0.5) is 0 Å². The summed E-state index contributed by atoms with van der Waals surface area (Å²) in [5.74, 6) is 0.355. The lowest BCUT2D eigenvalue weighted by Crippen LogP contribution is -1.82. The first-order chi connectivity index (χ1) is 7.33. The highest BCUT2D eigenvalue weighted by Crippen LogP contribution is 2.23. The maximum Gasteiger partial charge on any atom is 0.414 e. The first kappa shape index (κ1) is 8.43. The van der Waals surface area contributed by atoms with Crippen LogP contribution in [0.25, 0.3) is 22.4 Å². The van der Waals surface area contributed by atoms with Crippen molar-refractivity contribution in [2.45, 2.75) is 0 Å². The van der Waals surface area contributed by atoms with E-state index < -0.39 is 4.94 Å². The van der Waals surface area contributed by atoms with Gasteiger partial charge in [0.1, 0.15) is 5.58 Å². The first-order valence-corrected chi connectivity index (χ1v) is 5.05. The number of aromatic nitrogens is 1. The molecule has 0 bridgehead atoms. The van der Waals surface area contributed by atoms with Crippen LogP contribution in [0, 0.1) is 0 Å². The highest BCUT2D eigenvalue weighted by atomic mass is 32.1. The highest BCUT2D eigenvalue weighted by Gasteiger charge is 2.06. The minimum Gasteiger partial charge on any atom is -0.464 e. The van der Waals surface area contributed by atoms with Gasteiger partial charge in [0.2, 0.25) is 5.89 Å². The molecule has 74 valence electrons. The normalized spacial score (nSPS) is 10.9. The molecule has 0 aliphatic heterocycles. The number of benzene rings is 1. The Morgan fingerprint density at radius 2 is 2.20 bits per heavy atom. The van der Waals surface area contributed by atoms with E-state index >= 15 is 0 Å². The van der Waals surface area contributed by atoms with Crippen LogP contribution in [0.3, 0.4) is 0 Å². The standard InChI is InChI=1S/C10H5NO3S/c12-10-14-9(11-15-10)7-1-2-8-6(5-7)3-4-13-8/h1-5H. The Labute approximate surface area is 87.9 Å². The number of nitrogens with zero attached hydrogens (tertiary/aromatic N) is 1.